The fourth-order valence-electron chi connectivity index (χ4n) is 3.20. The molecule has 3 rings (SSSR count). The summed E-state index contributed by atoms with van der Waals surface area (Å²) in [5.74, 6) is -0.997. The second-order valence-electron chi connectivity index (χ2n) is 6.14. The molecule has 0 aliphatic carbocycles. The summed E-state index contributed by atoms with van der Waals surface area (Å²) in [7, 11) is 0. The van der Waals surface area contributed by atoms with Crippen LogP contribution in [0.2, 0.25) is 0 Å². The van der Waals surface area contributed by atoms with Crippen molar-refractivity contribution >= 4 is 33.6 Å². The largest absolute Gasteiger partial charge is 0.465 e. The van der Waals surface area contributed by atoms with Gasteiger partial charge in [0.15, 0.2) is 0 Å². The lowest BCUT2D eigenvalue weighted by atomic mass is 9.88. The molecule has 1 aliphatic rings. The van der Waals surface area contributed by atoms with Crippen molar-refractivity contribution in [3.63, 3.8) is 0 Å². The SMILES string of the molecule is N#Cc1cccc(NC(=O)[C@@H]2CN(C(=O)O)C[C@H]2c2cccc(Br)c2)c1. The summed E-state index contributed by atoms with van der Waals surface area (Å²) in [5.41, 5.74) is 1.88. The molecule has 1 fully saturated rings. The molecule has 1 aliphatic heterocycles. The van der Waals surface area contributed by atoms with Crippen LogP contribution in [0.4, 0.5) is 10.5 Å². The third-order valence-electron chi connectivity index (χ3n) is 4.46. The van der Waals surface area contributed by atoms with Gasteiger partial charge >= 0.3 is 6.09 Å². The van der Waals surface area contributed by atoms with Gasteiger partial charge < -0.3 is 15.3 Å². The average Bonchev–Trinajstić information content (AvgIpc) is 3.08. The number of anilines is 1. The second kappa shape index (κ2) is 7.58. The minimum absolute atomic E-state index is 0.135. The average molecular weight is 414 g/mol. The van der Waals surface area contributed by atoms with Gasteiger partial charge in [-0.15, -0.1) is 0 Å². The van der Waals surface area contributed by atoms with Crippen molar-refractivity contribution in [1.82, 2.24) is 4.90 Å². The lowest BCUT2D eigenvalue weighted by molar-refractivity contribution is -0.119. The first-order valence-electron chi connectivity index (χ1n) is 8.02. The van der Waals surface area contributed by atoms with E-state index in [1.54, 1.807) is 24.3 Å². The predicted octanol–water partition coefficient (Wildman–Crippen LogP) is 3.65. The van der Waals surface area contributed by atoms with Gasteiger partial charge in [0.25, 0.3) is 0 Å². The van der Waals surface area contributed by atoms with Crippen LogP contribution >= 0.6 is 15.9 Å². The maximum absolute atomic E-state index is 12.8. The number of hydrogen-bond acceptors (Lipinski definition) is 3. The Bertz CT molecular complexity index is 894. The van der Waals surface area contributed by atoms with Gasteiger partial charge in [-0.3, -0.25) is 4.79 Å². The van der Waals surface area contributed by atoms with E-state index in [0.717, 1.165) is 10.0 Å². The Balaban J connectivity index is 1.85. The number of halogens is 1. The molecule has 2 aromatic rings. The maximum Gasteiger partial charge on any atom is 0.407 e. The molecule has 132 valence electrons. The Morgan fingerprint density at radius 2 is 1.96 bits per heavy atom. The van der Waals surface area contributed by atoms with E-state index in [-0.39, 0.29) is 24.9 Å². The molecule has 6 nitrogen and oxygen atoms in total. The molecule has 2 atom stereocenters. The van der Waals surface area contributed by atoms with Gasteiger partial charge in [0.1, 0.15) is 0 Å². The fourth-order valence-corrected chi connectivity index (χ4v) is 3.62. The summed E-state index contributed by atoms with van der Waals surface area (Å²) in [6.45, 7) is 0.401. The zero-order valence-corrected chi connectivity index (χ0v) is 15.3. The Labute approximate surface area is 159 Å². The van der Waals surface area contributed by atoms with Gasteiger partial charge in [0.2, 0.25) is 5.91 Å². The van der Waals surface area contributed by atoms with Crippen LogP contribution in [-0.4, -0.2) is 35.1 Å². The predicted molar refractivity (Wildman–Crippen MR) is 99.8 cm³/mol. The highest BCUT2D eigenvalue weighted by Crippen LogP contribution is 2.34. The first-order valence-corrected chi connectivity index (χ1v) is 8.81. The number of carbonyl (C=O) groups excluding carboxylic acids is 1. The van der Waals surface area contributed by atoms with Gasteiger partial charge in [-0.1, -0.05) is 34.1 Å². The second-order valence-corrected chi connectivity index (χ2v) is 7.05. The number of amides is 2. The third-order valence-corrected chi connectivity index (χ3v) is 4.96. The third kappa shape index (κ3) is 3.86. The summed E-state index contributed by atoms with van der Waals surface area (Å²) in [5, 5.41) is 21.1. The summed E-state index contributed by atoms with van der Waals surface area (Å²) < 4.78 is 0.879. The number of nitrogens with zero attached hydrogens (tertiary/aromatic N) is 2. The van der Waals surface area contributed by atoms with Crippen molar-refractivity contribution in [1.29, 1.82) is 5.26 Å². The highest BCUT2D eigenvalue weighted by atomic mass is 79.9. The van der Waals surface area contributed by atoms with Crippen molar-refractivity contribution in [3.8, 4) is 6.07 Å². The van der Waals surface area contributed by atoms with E-state index in [0.29, 0.717) is 11.3 Å². The molecule has 0 spiro atoms. The van der Waals surface area contributed by atoms with E-state index in [9.17, 15) is 14.7 Å². The van der Waals surface area contributed by atoms with Gasteiger partial charge in [-0.05, 0) is 35.9 Å². The van der Waals surface area contributed by atoms with Gasteiger partial charge in [0.05, 0.1) is 17.6 Å². The zero-order valence-electron chi connectivity index (χ0n) is 13.7. The minimum atomic E-state index is -1.04. The quantitative estimate of drug-likeness (QED) is 0.802. The maximum atomic E-state index is 12.8. The topological polar surface area (TPSA) is 93.4 Å². The number of nitrogens with one attached hydrogen (secondary N) is 1. The van der Waals surface area contributed by atoms with Crippen molar-refractivity contribution in [2.45, 2.75) is 5.92 Å². The highest BCUT2D eigenvalue weighted by molar-refractivity contribution is 9.10. The van der Waals surface area contributed by atoms with E-state index in [1.165, 1.54) is 4.90 Å². The summed E-state index contributed by atoms with van der Waals surface area (Å²) in [6, 6.07) is 16.2. The lowest BCUT2D eigenvalue weighted by Crippen LogP contribution is -2.30. The number of nitriles is 1. The number of carboxylic acid groups (broad SMARTS) is 1. The van der Waals surface area contributed by atoms with Crippen LogP contribution in [0.1, 0.15) is 17.0 Å². The van der Waals surface area contributed by atoms with E-state index >= 15 is 0 Å². The Morgan fingerprint density at radius 1 is 1.19 bits per heavy atom. The van der Waals surface area contributed by atoms with Crippen molar-refractivity contribution < 1.29 is 14.7 Å². The Morgan fingerprint density at radius 3 is 2.65 bits per heavy atom. The van der Waals surface area contributed by atoms with Crippen LogP contribution in [-0.2, 0) is 4.79 Å². The molecule has 0 saturated carbocycles. The van der Waals surface area contributed by atoms with Crippen LogP contribution < -0.4 is 5.32 Å². The first kappa shape index (κ1) is 18.0. The highest BCUT2D eigenvalue weighted by Gasteiger charge is 2.40. The Hall–Kier alpha value is -2.85. The van der Waals surface area contributed by atoms with E-state index < -0.39 is 12.0 Å². The molecule has 0 aromatic heterocycles. The standard InChI is InChI=1S/C19H16BrN3O3/c20-14-5-2-4-13(8-14)16-10-23(19(25)26)11-17(16)18(24)22-15-6-1-3-12(7-15)9-21/h1-8,16-17H,10-11H2,(H,22,24)(H,25,26)/t16-,17+/m0/s1. The minimum Gasteiger partial charge on any atom is -0.465 e. The number of benzene rings is 2. The van der Waals surface area contributed by atoms with Crippen LogP contribution in [0.25, 0.3) is 0 Å². The lowest BCUT2D eigenvalue weighted by Gasteiger charge is -2.18. The zero-order chi connectivity index (χ0) is 18.7. The van der Waals surface area contributed by atoms with Crippen LogP contribution in [0, 0.1) is 17.2 Å². The van der Waals surface area contributed by atoms with Crippen LogP contribution in [0.15, 0.2) is 53.0 Å². The number of rotatable bonds is 3. The van der Waals surface area contributed by atoms with Crippen molar-refractivity contribution in [2.75, 3.05) is 18.4 Å². The molecule has 2 amide bonds. The number of hydrogen-bond donors (Lipinski definition) is 2. The molecule has 0 radical (unpaired) electrons. The number of likely N-dealkylation sites (tertiary alicyclic amines) is 1. The summed E-state index contributed by atoms with van der Waals surface area (Å²) in [6.07, 6.45) is -1.04. The molecule has 1 saturated heterocycles. The smallest absolute Gasteiger partial charge is 0.407 e. The van der Waals surface area contributed by atoms with Crippen molar-refractivity contribution in [3.05, 3.63) is 64.1 Å². The normalized spacial score (nSPS) is 19.0. The van der Waals surface area contributed by atoms with E-state index in [2.05, 4.69) is 21.2 Å². The Kier molecular flexibility index (Phi) is 5.24. The van der Waals surface area contributed by atoms with E-state index in [4.69, 9.17) is 5.26 Å². The van der Waals surface area contributed by atoms with Crippen molar-refractivity contribution in [2.24, 2.45) is 5.92 Å². The van der Waals surface area contributed by atoms with Gasteiger partial charge in [0, 0.05) is 29.2 Å². The van der Waals surface area contributed by atoms with Gasteiger partial charge in [-0.2, -0.15) is 5.26 Å². The van der Waals surface area contributed by atoms with Crippen LogP contribution in [0.3, 0.4) is 0 Å². The summed E-state index contributed by atoms with van der Waals surface area (Å²) >= 11 is 3.42. The van der Waals surface area contributed by atoms with Crippen LogP contribution in [0.5, 0.6) is 0 Å². The molecule has 0 bridgehead atoms. The fraction of sp³-hybridized carbons (Fsp3) is 0.211. The molecule has 7 heteroatoms. The molecular weight excluding hydrogens is 398 g/mol. The first-order chi connectivity index (χ1) is 12.5. The molecule has 2 aromatic carbocycles. The van der Waals surface area contributed by atoms with E-state index in [1.807, 2.05) is 30.3 Å². The number of carbonyl (C=O) groups is 2. The van der Waals surface area contributed by atoms with Gasteiger partial charge in [-0.25, -0.2) is 4.79 Å². The monoisotopic (exact) mass is 413 g/mol. The molecule has 0 unspecified atom stereocenters. The molecule has 1 heterocycles. The molecular formula is C19H16BrN3O3. The summed E-state index contributed by atoms with van der Waals surface area (Å²) in [4.78, 5) is 25.5. The molecule has 2 N–H and O–H groups in total. The molecule has 26 heavy (non-hydrogen) atoms.